The molecule has 0 saturated carbocycles. The molecule has 1 N–H and O–H groups in total. The van der Waals surface area contributed by atoms with Gasteiger partial charge in [0, 0.05) is 16.7 Å². The smallest absolute Gasteiger partial charge is 0.127 e. The highest BCUT2D eigenvalue weighted by molar-refractivity contribution is 7.18. The van der Waals surface area contributed by atoms with Crippen molar-refractivity contribution in [3.8, 4) is 0 Å². The summed E-state index contributed by atoms with van der Waals surface area (Å²) in [5.74, 6) is 0.506. The van der Waals surface area contributed by atoms with E-state index in [9.17, 15) is 5.11 Å². The predicted molar refractivity (Wildman–Crippen MR) is 71.3 cm³/mol. The molecular weight excluding hydrogens is 232 g/mol. The number of aliphatic hydroxyl groups excluding tert-OH is 1. The number of hydrogen-bond donors (Lipinski definition) is 1. The fourth-order valence-corrected chi connectivity index (χ4v) is 2.91. The molecule has 0 saturated heterocycles. The first-order chi connectivity index (χ1) is 8.06. The van der Waals surface area contributed by atoms with Crippen molar-refractivity contribution in [1.82, 2.24) is 9.97 Å². The minimum absolute atomic E-state index is 0.312. The van der Waals surface area contributed by atoms with Crippen molar-refractivity contribution < 1.29 is 5.11 Å². The summed E-state index contributed by atoms with van der Waals surface area (Å²) in [4.78, 5) is 10.8. The maximum Gasteiger partial charge on any atom is 0.127 e. The first-order valence-electron chi connectivity index (χ1n) is 5.94. The van der Waals surface area contributed by atoms with Crippen LogP contribution in [-0.4, -0.2) is 21.2 Å². The van der Waals surface area contributed by atoms with E-state index >= 15 is 0 Å². The zero-order valence-corrected chi connectivity index (χ0v) is 11.3. The molecule has 3 nitrogen and oxygen atoms in total. The average Bonchev–Trinajstić information content (AvgIpc) is 2.58. The van der Waals surface area contributed by atoms with Crippen LogP contribution in [0.2, 0.25) is 0 Å². The lowest BCUT2D eigenvalue weighted by Gasteiger charge is -2.12. The number of aliphatic hydroxyl groups is 1. The number of hydrogen-bond acceptors (Lipinski definition) is 4. The summed E-state index contributed by atoms with van der Waals surface area (Å²) in [6, 6.07) is 2.11. The molecule has 0 aliphatic carbocycles. The van der Waals surface area contributed by atoms with Crippen molar-refractivity contribution in [3.63, 3.8) is 0 Å². The van der Waals surface area contributed by atoms with Crippen LogP contribution in [0.25, 0.3) is 10.2 Å². The molecule has 2 heterocycles. The van der Waals surface area contributed by atoms with E-state index in [0.717, 1.165) is 22.3 Å². The van der Waals surface area contributed by atoms with E-state index in [1.54, 1.807) is 17.7 Å². The van der Waals surface area contributed by atoms with Crippen molar-refractivity contribution in [3.05, 3.63) is 23.0 Å². The van der Waals surface area contributed by atoms with E-state index in [1.807, 2.05) is 0 Å². The van der Waals surface area contributed by atoms with Gasteiger partial charge in [-0.15, -0.1) is 11.3 Å². The molecule has 0 spiro atoms. The molecule has 4 heteroatoms. The number of aromatic nitrogens is 2. The Morgan fingerprint density at radius 3 is 2.82 bits per heavy atom. The summed E-state index contributed by atoms with van der Waals surface area (Å²) in [5.41, 5.74) is 0.965. The molecule has 0 radical (unpaired) electrons. The first-order valence-corrected chi connectivity index (χ1v) is 6.76. The second kappa shape index (κ2) is 5.10. The van der Waals surface area contributed by atoms with Gasteiger partial charge in [-0.05, 0) is 25.3 Å². The molecular formula is C13H18N2OS. The Labute approximate surface area is 106 Å². The molecule has 0 aliphatic rings. The van der Waals surface area contributed by atoms with Crippen LogP contribution in [0.4, 0.5) is 0 Å². The van der Waals surface area contributed by atoms with E-state index in [-0.39, 0.29) is 6.10 Å². The lowest BCUT2D eigenvalue weighted by Crippen LogP contribution is -2.14. The van der Waals surface area contributed by atoms with Crippen LogP contribution in [0.1, 0.15) is 30.8 Å². The zero-order valence-electron chi connectivity index (χ0n) is 10.5. The Bertz CT molecular complexity index is 507. The van der Waals surface area contributed by atoms with Crippen LogP contribution in [-0.2, 0) is 6.42 Å². The SMILES string of the molecule is Cc1cc2c(CC(O)CC(C)C)ncnc2s1. The summed E-state index contributed by atoms with van der Waals surface area (Å²) < 4.78 is 0. The number of rotatable bonds is 4. The van der Waals surface area contributed by atoms with Gasteiger partial charge in [-0.1, -0.05) is 13.8 Å². The monoisotopic (exact) mass is 250 g/mol. The predicted octanol–water partition coefficient (Wildman–Crippen LogP) is 2.95. The highest BCUT2D eigenvalue weighted by Gasteiger charge is 2.13. The number of fused-ring (bicyclic) bond motifs is 1. The normalized spacial score (nSPS) is 13.5. The summed E-state index contributed by atoms with van der Waals surface area (Å²) in [7, 11) is 0. The fourth-order valence-electron chi connectivity index (χ4n) is 2.04. The largest absolute Gasteiger partial charge is 0.393 e. The van der Waals surface area contributed by atoms with Gasteiger partial charge in [-0.3, -0.25) is 0 Å². The summed E-state index contributed by atoms with van der Waals surface area (Å²) >= 11 is 1.67. The number of nitrogens with zero attached hydrogens (tertiary/aromatic N) is 2. The Hall–Kier alpha value is -1.00. The lowest BCUT2D eigenvalue weighted by atomic mass is 10.0. The van der Waals surface area contributed by atoms with Gasteiger partial charge in [-0.25, -0.2) is 9.97 Å². The second-order valence-corrected chi connectivity index (χ2v) is 6.12. The van der Waals surface area contributed by atoms with Gasteiger partial charge in [0.25, 0.3) is 0 Å². The topological polar surface area (TPSA) is 46.0 Å². The van der Waals surface area contributed by atoms with Crippen LogP contribution in [0.15, 0.2) is 12.4 Å². The number of aryl methyl sites for hydroxylation is 1. The number of thiophene rings is 1. The van der Waals surface area contributed by atoms with Gasteiger partial charge in [0.05, 0.1) is 11.8 Å². The third kappa shape index (κ3) is 3.01. The maximum atomic E-state index is 9.98. The third-order valence-electron chi connectivity index (χ3n) is 2.71. The molecule has 17 heavy (non-hydrogen) atoms. The van der Waals surface area contributed by atoms with Crippen LogP contribution in [0, 0.1) is 12.8 Å². The highest BCUT2D eigenvalue weighted by Crippen LogP contribution is 2.25. The minimum atomic E-state index is -0.312. The minimum Gasteiger partial charge on any atom is -0.393 e. The van der Waals surface area contributed by atoms with Crippen LogP contribution >= 0.6 is 11.3 Å². The van der Waals surface area contributed by atoms with Crippen molar-refractivity contribution in [2.24, 2.45) is 5.92 Å². The molecule has 0 aromatic carbocycles. The first kappa shape index (κ1) is 12.5. The third-order valence-corrected chi connectivity index (χ3v) is 3.67. The van der Waals surface area contributed by atoms with Gasteiger partial charge in [-0.2, -0.15) is 0 Å². The van der Waals surface area contributed by atoms with Gasteiger partial charge < -0.3 is 5.11 Å². The van der Waals surface area contributed by atoms with E-state index in [4.69, 9.17) is 0 Å². The average molecular weight is 250 g/mol. The Morgan fingerprint density at radius 2 is 2.12 bits per heavy atom. The van der Waals surface area contributed by atoms with Gasteiger partial charge >= 0.3 is 0 Å². The molecule has 0 aliphatic heterocycles. The van der Waals surface area contributed by atoms with E-state index < -0.39 is 0 Å². The summed E-state index contributed by atoms with van der Waals surface area (Å²) in [6.07, 6.45) is 2.71. The van der Waals surface area contributed by atoms with E-state index in [2.05, 4.69) is 36.8 Å². The van der Waals surface area contributed by atoms with Gasteiger partial charge in [0.15, 0.2) is 0 Å². The fraction of sp³-hybridized carbons (Fsp3) is 0.538. The highest BCUT2D eigenvalue weighted by atomic mass is 32.1. The second-order valence-electron chi connectivity index (χ2n) is 4.88. The van der Waals surface area contributed by atoms with Crippen LogP contribution < -0.4 is 0 Å². The molecule has 0 amide bonds. The standard InChI is InChI=1S/C13H18N2OS/c1-8(2)4-10(16)6-12-11-5-9(3)17-13(11)15-7-14-12/h5,7-8,10,16H,4,6H2,1-3H3. The summed E-state index contributed by atoms with van der Waals surface area (Å²) in [5, 5.41) is 11.1. The van der Waals surface area contributed by atoms with Crippen molar-refractivity contribution in [1.29, 1.82) is 0 Å². The molecule has 2 aromatic rings. The van der Waals surface area contributed by atoms with E-state index in [1.165, 1.54) is 4.88 Å². The van der Waals surface area contributed by atoms with E-state index in [0.29, 0.717) is 12.3 Å². The molecule has 0 bridgehead atoms. The molecule has 1 atom stereocenters. The molecule has 2 rings (SSSR count). The molecule has 2 aromatic heterocycles. The molecule has 1 unspecified atom stereocenters. The van der Waals surface area contributed by atoms with Crippen LogP contribution in [0.5, 0.6) is 0 Å². The van der Waals surface area contributed by atoms with Gasteiger partial charge in [0.1, 0.15) is 11.2 Å². The van der Waals surface area contributed by atoms with Crippen LogP contribution in [0.3, 0.4) is 0 Å². The quantitative estimate of drug-likeness (QED) is 0.907. The Morgan fingerprint density at radius 1 is 1.35 bits per heavy atom. The van der Waals surface area contributed by atoms with Crippen molar-refractivity contribution >= 4 is 21.6 Å². The summed E-state index contributed by atoms with van der Waals surface area (Å²) in [6.45, 7) is 6.31. The molecule has 0 fully saturated rings. The van der Waals surface area contributed by atoms with Crippen molar-refractivity contribution in [2.45, 2.75) is 39.7 Å². The lowest BCUT2D eigenvalue weighted by molar-refractivity contribution is 0.148. The maximum absolute atomic E-state index is 9.98. The van der Waals surface area contributed by atoms with Gasteiger partial charge in [0.2, 0.25) is 0 Å². The Balaban J connectivity index is 2.23. The zero-order chi connectivity index (χ0) is 12.4. The van der Waals surface area contributed by atoms with Crippen molar-refractivity contribution in [2.75, 3.05) is 0 Å². The Kier molecular flexibility index (Phi) is 3.74. The molecule has 92 valence electrons.